The summed E-state index contributed by atoms with van der Waals surface area (Å²) in [6.07, 6.45) is 0.813. The number of ketones is 1. The molecule has 2 aromatic heterocycles. The largest absolute Gasteiger partial charge is 0.292 e. The van der Waals surface area contributed by atoms with Crippen molar-refractivity contribution in [1.82, 2.24) is 0 Å². The van der Waals surface area contributed by atoms with Gasteiger partial charge in [-0.3, -0.25) is 4.79 Å². The number of hydrogen-bond donors (Lipinski definition) is 0. The van der Waals surface area contributed by atoms with Gasteiger partial charge in [-0.15, -0.1) is 22.7 Å². The minimum Gasteiger partial charge on any atom is -0.292 e. The van der Waals surface area contributed by atoms with Crippen LogP contribution in [-0.4, -0.2) is 10.6 Å². The molecule has 0 bridgehead atoms. The molecule has 0 N–H and O–H groups in total. The molecule has 0 saturated carbocycles. The van der Waals surface area contributed by atoms with Crippen LogP contribution in [0.4, 0.5) is 0 Å². The van der Waals surface area contributed by atoms with Crippen LogP contribution >= 0.6 is 38.6 Å². The first kappa shape index (κ1) is 9.75. The van der Waals surface area contributed by atoms with Gasteiger partial charge in [0.25, 0.3) is 0 Å². The molecule has 0 aromatic carbocycles. The summed E-state index contributed by atoms with van der Waals surface area (Å²) in [6, 6.07) is 4.17. The zero-order valence-electron chi connectivity index (χ0n) is 7.70. The molecule has 0 fully saturated rings. The second-order valence-electron chi connectivity index (χ2n) is 3.46. The van der Waals surface area contributed by atoms with Crippen LogP contribution in [0.15, 0.2) is 22.9 Å². The van der Waals surface area contributed by atoms with Crippen molar-refractivity contribution in [3.8, 4) is 11.1 Å². The fourth-order valence-electron chi connectivity index (χ4n) is 1.85. The first-order chi connectivity index (χ1) is 7.27. The fraction of sp³-hybridized carbons (Fsp3) is 0.182. The molecule has 1 aliphatic rings. The van der Waals surface area contributed by atoms with E-state index in [1.54, 1.807) is 22.7 Å². The van der Waals surface area contributed by atoms with Gasteiger partial charge >= 0.3 is 0 Å². The van der Waals surface area contributed by atoms with E-state index in [9.17, 15) is 4.79 Å². The first-order valence-corrected chi connectivity index (χ1v) is 7.27. The van der Waals surface area contributed by atoms with Crippen LogP contribution in [0.2, 0.25) is 0 Å². The molecule has 4 heteroatoms. The Morgan fingerprint density at radius 3 is 2.80 bits per heavy atom. The lowest BCUT2D eigenvalue weighted by molar-refractivity contribution is 0.0996. The van der Waals surface area contributed by atoms with Crippen molar-refractivity contribution in [2.24, 2.45) is 0 Å². The Balaban J connectivity index is 2.30. The van der Waals surface area contributed by atoms with Gasteiger partial charge in [0.05, 0.1) is 9.70 Å². The summed E-state index contributed by atoms with van der Waals surface area (Å²) < 4.78 is 0. The number of Topliss-reactive ketones (excluding diaryl/α,β-unsaturated/α-hetero) is 1. The summed E-state index contributed by atoms with van der Waals surface area (Å²) in [4.78, 5) is 14.2. The molecule has 0 radical (unpaired) electrons. The zero-order chi connectivity index (χ0) is 10.4. The van der Waals surface area contributed by atoms with E-state index >= 15 is 0 Å². The van der Waals surface area contributed by atoms with Gasteiger partial charge < -0.3 is 0 Å². The van der Waals surface area contributed by atoms with Gasteiger partial charge in [0.15, 0.2) is 5.78 Å². The predicted molar refractivity (Wildman–Crippen MR) is 68.4 cm³/mol. The number of carbonyl (C=O) groups is 1. The van der Waals surface area contributed by atoms with Gasteiger partial charge in [-0.05, 0) is 28.5 Å². The molecule has 15 heavy (non-hydrogen) atoms. The van der Waals surface area contributed by atoms with Crippen LogP contribution in [-0.2, 0) is 6.42 Å². The van der Waals surface area contributed by atoms with Gasteiger partial charge in [-0.1, -0.05) is 15.9 Å². The summed E-state index contributed by atoms with van der Waals surface area (Å²) in [5.41, 5.74) is 2.36. The molecule has 0 aliphatic heterocycles. The summed E-state index contributed by atoms with van der Waals surface area (Å²) in [5.74, 6) is 0.225. The predicted octanol–water partition coefficient (Wildman–Crippen LogP) is 3.98. The van der Waals surface area contributed by atoms with Crippen molar-refractivity contribution in [2.45, 2.75) is 11.2 Å². The van der Waals surface area contributed by atoms with Crippen molar-refractivity contribution in [1.29, 1.82) is 0 Å². The lowest BCUT2D eigenvalue weighted by Crippen LogP contribution is -2.13. The monoisotopic (exact) mass is 298 g/mol. The van der Waals surface area contributed by atoms with Gasteiger partial charge in [0.2, 0.25) is 0 Å². The van der Waals surface area contributed by atoms with E-state index < -0.39 is 0 Å². The van der Waals surface area contributed by atoms with E-state index in [1.807, 2.05) is 5.38 Å². The van der Waals surface area contributed by atoms with Crippen molar-refractivity contribution in [2.75, 3.05) is 0 Å². The number of halogens is 1. The number of rotatable bonds is 0. The van der Waals surface area contributed by atoms with Gasteiger partial charge in [0, 0.05) is 16.9 Å². The van der Waals surface area contributed by atoms with Gasteiger partial charge in [-0.25, -0.2) is 0 Å². The van der Waals surface area contributed by atoms with E-state index in [4.69, 9.17) is 0 Å². The van der Waals surface area contributed by atoms with Crippen LogP contribution < -0.4 is 0 Å². The van der Waals surface area contributed by atoms with Gasteiger partial charge in [0.1, 0.15) is 0 Å². The number of carbonyl (C=O) groups excluding carboxylic acids is 1. The maximum Gasteiger partial charge on any atom is 0.187 e. The molecule has 0 amide bonds. The van der Waals surface area contributed by atoms with E-state index in [0.29, 0.717) is 0 Å². The molecule has 0 spiro atoms. The highest BCUT2D eigenvalue weighted by Gasteiger charge is 2.28. The quantitative estimate of drug-likeness (QED) is 0.673. The molecule has 1 nitrogen and oxygen atoms in total. The maximum absolute atomic E-state index is 12.0. The Kier molecular flexibility index (Phi) is 2.30. The van der Waals surface area contributed by atoms with Crippen molar-refractivity contribution in [3.63, 3.8) is 0 Å². The summed E-state index contributed by atoms with van der Waals surface area (Å²) in [7, 11) is 0. The molecule has 1 unspecified atom stereocenters. The van der Waals surface area contributed by atoms with E-state index in [2.05, 4.69) is 33.4 Å². The Bertz CT molecular complexity index is 526. The van der Waals surface area contributed by atoms with Crippen LogP contribution in [0.5, 0.6) is 0 Å². The molecule has 3 rings (SSSR count). The molecular weight excluding hydrogens is 292 g/mol. The highest BCUT2D eigenvalue weighted by Crippen LogP contribution is 2.39. The lowest BCUT2D eigenvalue weighted by atomic mass is 10.1. The van der Waals surface area contributed by atoms with Gasteiger partial charge in [-0.2, -0.15) is 0 Å². The van der Waals surface area contributed by atoms with Crippen LogP contribution in [0.1, 0.15) is 14.5 Å². The molecule has 1 atom stereocenters. The van der Waals surface area contributed by atoms with Crippen LogP contribution in [0.25, 0.3) is 11.1 Å². The average Bonchev–Trinajstić information content (AvgIpc) is 2.81. The Hall–Kier alpha value is -0.450. The number of fused-ring (bicyclic) bond motifs is 3. The minimum absolute atomic E-state index is 0.0604. The molecule has 76 valence electrons. The van der Waals surface area contributed by atoms with Crippen molar-refractivity contribution >= 4 is 44.4 Å². The highest BCUT2D eigenvalue weighted by atomic mass is 79.9. The highest BCUT2D eigenvalue weighted by molar-refractivity contribution is 9.10. The Morgan fingerprint density at radius 1 is 1.20 bits per heavy atom. The normalized spacial score (nSPS) is 19.5. The van der Waals surface area contributed by atoms with E-state index in [1.165, 1.54) is 10.4 Å². The maximum atomic E-state index is 12.0. The third kappa shape index (κ3) is 1.43. The lowest BCUT2D eigenvalue weighted by Gasteiger charge is -2.02. The number of thiophene rings is 2. The standard InChI is InChI=1S/C11H7BrOS2/c12-8-5-9-6(1-3-14-9)7-2-4-15-11(7)10(8)13/h1-4,8H,5H2. The molecular formula is C11H7BrOS2. The fourth-order valence-corrected chi connectivity index (χ4v) is 4.61. The summed E-state index contributed by atoms with van der Waals surface area (Å²) in [5, 5.41) is 4.09. The SMILES string of the molecule is O=C1c2sccc2-c2ccsc2CC1Br. The molecule has 2 heterocycles. The van der Waals surface area contributed by atoms with Crippen molar-refractivity contribution < 1.29 is 4.79 Å². The van der Waals surface area contributed by atoms with E-state index in [0.717, 1.165) is 16.9 Å². The van der Waals surface area contributed by atoms with Crippen LogP contribution in [0.3, 0.4) is 0 Å². The smallest absolute Gasteiger partial charge is 0.187 e. The third-order valence-corrected chi connectivity index (χ3v) is 5.19. The number of hydrogen-bond acceptors (Lipinski definition) is 3. The average molecular weight is 299 g/mol. The minimum atomic E-state index is -0.0604. The molecule has 1 aliphatic carbocycles. The Labute approximate surface area is 104 Å². The third-order valence-electron chi connectivity index (χ3n) is 2.57. The molecule has 2 aromatic rings. The zero-order valence-corrected chi connectivity index (χ0v) is 10.9. The molecule has 0 saturated heterocycles. The van der Waals surface area contributed by atoms with Crippen molar-refractivity contribution in [3.05, 3.63) is 32.6 Å². The second kappa shape index (κ2) is 3.54. The summed E-state index contributed by atoms with van der Waals surface area (Å²) >= 11 is 6.75. The number of alkyl halides is 1. The van der Waals surface area contributed by atoms with Crippen LogP contribution in [0, 0.1) is 0 Å². The first-order valence-electron chi connectivity index (χ1n) is 4.60. The topological polar surface area (TPSA) is 17.1 Å². The second-order valence-corrected chi connectivity index (χ2v) is 6.48. The summed E-state index contributed by atoms with van der Waals surface area (Å²) in [6.45, 7) is 0. The Morgan fingerprint density at radius 2 is 1.93 bits per heavy atom. The van der Waals surface area contributed by atoms with E-state index in [-0.39, 0.29) is 10.6 Å².